The van der Waals surface area contributed by atoms with Crippen LogP contribution in [0.5, 0.6) is 0 Å². The molecule has 0 radical (unpaired) electrons. The van der Waals surface area contributed by atoms with E-state index in [1.807, 2.05) is 0 Å². The SMILES string of the molecule is [O-2].[Zn+2].c1cnnnc1. The summed E-state index contributed by atoms with van der Waals surface area (Å²) in [5.41, 5.74) is 0. The Hall–Kier alpha value is -0.407. The first kappa shape index (κ1) is 10.6. The average molecular weight is 162 g/mol. The van der Waals surface area contributed by atoms with Gasteiger partial charge in [-0.3, -0.25) is 0 Å². The summed E-state index contributed by atoms with van der Waals surface area (Å²) < 4.78 is 0. The van der Waals surface area contributed by atoms with E-state index in [9.17, 15) is 0 Å². The van der Waals surface area contributed by atoms with Crippen LogP contribution in [0, 0.1) is 0 Å². The van der Waals surface area contributed by atoms with Crippen molar-refractivity contribution in [1.29, 1.82) is 0 Å². The number of nitrogens with zero attached hydrogens (tertiary/aromatic N) is 3. The van der Waals surface area contributed by atoms with Gasteiger partial charge in [-0.25, -0.2) is 0 Å². The standard InChI is InChI=1S/C3H3N3.O.Zn/c1-2-4-6-5-3-1;;/h1-3H;;/q;-2;+2. The van der Waals surface area contributed by atoms with Gasteiger partial charge in [0.05, 0.1) is 12.4 Å². The summed E-state index contributed by atoms with van der Waals surface area (Å²) in [7, 11) is 0. The fourth-order valence-electron chi connectivity index (χ4n) is 0.205. The van der Waals surface area contributed by atoms with Crippen LogP contribution in [0.25, 0.3) is 0 Å². The van der Waals surface area contributed by atoms with E-state index in [1.54, 1.807) is 18.5 Å². The molecule has 0 saturated carbocycles. The summed E-state index contributed by atoms with van der Waals surface area (Å²) in [5, 5.41) is 10.1. The summed E-state index contributed by atoms with van der Waals surface area (Å²) in [6, 6.07) is 1.72. The second-order valence-corrected chi connectivity index (χ2v) is 0.811. The van der Waals surface area contributed by atoms with E-state index >= 15 is 0 Å². The first-order valence-electron chi connectivity index (χ1n) is 1.58. The second-order valence-electron chi connectivity index (χ2n) is 0.811. The second kappa shape index (κ2) is 6.59. The molecule has 0 bridgehead atoms. The minimum Gasteiger partial charge on any atom is -2.00 e. The molecule has 0 spiro atoms. The number of rotatable bonds is 0. The summed E-state index contributed by atoms with van der Waals surface area (Å²) in [4.78, 5) is 0. The maximum atomic E-state index is 3.42. The predicted octanol–water partition coefficient (Wildman–Crippen LogP) is -0.250. The van der Waals surface area contributed by atoms with Gasteiger partial charge in [0, 0.05) is 0 Å². The zero-order valence-electron chi connectivity index (χ0n) is 4.19. The fraction of sp³-hybridized carbons (Fsp3) is 0. The molecule has 1 rings (SSSR count). The molecule has 0 aliphatic heterocycles. The average Bonchev–Trinajstić information content (AvgIpc) is 1.72. The van der Waals surface area contributed by atoms with E-state index in [-0.39, 0.29) is 25.0 Å². The first-order chi connectivity index (χ1) is 3.00. The monoisotopic (exact) mass is 161 g/mol. The van der Waals surface area contributed by atoms with E-state index in [4.69, 9.17) is 0 Å². The number of hydrogen-bond acceptors (Lipinski definition) is 3. The van der Waals surface area contributed by atoms with Crippen molar-refractivity contribution in [2.75, 3.05) is 0 Å². The normalized spacial score (nSPS) is 6.00. The maximum Gasteiger partial charge on any atom is 2.00 e. The third kappa shape index (κ3) is 3.77. The molecule has 0 fully saturated rings. The molecule has 0 aliphatic rings. The summed E-state index contributed by atoms with van der Waals surface area (Å²) in [6.45, 7) is 0. The van der Waals surface area contributed by atoms with Crippen molar-refractivity contribution in [3.8, 4) is 0 Å². The predicted molar refractivity (Wildman–Crippen MR) is 20.5 cm³/mol. The molecule has 38 valence electrons. The van der Waals surface area contributed by atoms with Crippen LogP contribution < -0.4 is 0 Å². The van der Waals surface area contributed by atoms with Crippen LogP contribution in [0.2, 0.25) is 0 Å². The third-order valence-electron chi connectivity index (χ3n) is 0.409. The van der Waals surface area contributed by atoms with Crippen molar-refractivity contribution in [3.05, 3.63) is 18.5 Å². The Bertz CT molecular complexity index is 86.5. The van der Waals surface area contributed by atoms with Gasteiger partial charge in [-0.15, -0.1) is 10.2 Å². The van der Waals surface area contributed by atoms with E-state index in [0.29, 0.717) is 0 Å². The molecule has 4 nitrogen and oxygen atoms in total. The molecular weight excluding hydrogens is 159 g/mol. The van der Waals surface area contributed by atoms with Gasteiger partial charge in [0.15, 0.2) is 0 Å². The molecule has 1 heterocycles. The quantitative estimate of drug-likeness (QED) is 0.494. The molecule has 0 saturated heterocycles. The van der Waals surface area contributed by atoms with Crippen LogP contribution in [0.3, 0.4) is 0 Å². The van der Waals surface area contributed by atoms with E-state index in [0.717, 1.165) is 0 Å². The molecule has 0 N–H and O–H groups in total. The zero-order chi connectivity index (χ0) is 4.24. The van der Waals surface area contributed by atoms with Crippen LogP contribution in [0.4, 0.5) is 0 Å². The number of hydrogen-bond donors (Lipinski definition) is 0. The van der Waals surface area contributed by atoms with E-state index in [2.05, 4.69) is 15.4 Å². The minimum atomic E-state index is 0. The van der Waals surface area contributed by atoms with Crippen molar-refractivity contribution in [2.24, 2.45) is 0 Å². The maximum absolute atomic E-state index is 3.42. The van der Waals surface area contributed by atoms with E-state index in [1.165, 1.54) is 0 Å². The summed E-state index contributed by atoms with van der Waals surface area (Å²) in [6.07, 6.45) is 3.15. The van der Waals surface area contributed by atoms with Crippen LogP contribution in [-0.2, 0) is 25.0 Å². The Morgan fingerprint density at radius 3 is 1.62 bits per heavy atom. The Labute approximate surface area is 59.4 Å². The van der Waals surface area contributed by atoms with Crippen molar-refractivity contribution >= 4 is 0 Å². The van der Waals surface area contributed by atoms with Crippen LogP contribution in [0.1, 0.15) is 0 Å². The Morgan fingerprint density at radius 2 is 1.50 bits per heavy atom. The van der Waals surface area contributed by atoms with Gasteiger partial charge >= 0.3 is 19.5 Å². The van der Waals surface area contributed by atoms with Gasteiger partial charge in [0.2, 0.25) is 0 Å². The van der Waals surface area contributed by atoms with Gasteiger partial charge in [-0.05, 0) is 11.3 Å². The Balaban J connectivity index is 0. The Morgan fingerprint density at radius 1 is 1.00 bits per heavy atom. The van der Waals surface area contributed by atoms with Gasteiger partial charge in [0.25, 0.3) is 0 Å². The van der Waals surface area contributed by atoms with Crippen LogP contribution >= 0.6 is 0 Å². The summed E-state index contributed by atoms with van der Waals surface area (Å²) >= 11 is 0. The van der Waals surface area contributed by atoms with Crippen molar-refractivity contribution in [3.63, 3.8) is 0 Å². The van der Waals surface area contributed by atoms with Gasteiger partial charge < -0.3 is 5.48 Å². The largest absolute Gasteiger partial charge is 2.00 e. The smallest absolute Gasteiger partial charge is 2.00 e. The molecule has 1 aromatic rings. The molecule has 1 aromatic heterocycles. The number of aromatic nitrogens is 3. The molecule has 0 amide bonds. The van der Waals surface area contributed by atoms with Crippen molar-refractivity contribution < 1.29 is 25.0 Å². The molecule has 0 aromatic carbocycles. The van der Waals surface area contributed by atoms with Crippen molar-refractivity contribution in [2.45, 2.75) is 0 Å². The third-order valence-corrected chi connectivity index (χ3v) is 0.409. The van der Waals surface area contributed by atoms with Crippen molar-refractivity contribution in [1.82, 2.24) is 15.4 Å². The Kier molecular flexibility index (Phi) is 8.70. The molecule has 0 unspecified atom stereocenters. The molecule has 8 heavy (non-hydrogen) atoms. The molecule has 5 heteroatoms. The van der Waals surface area contributed by atoms with Gasteiger partial charge in [-0.2, -0.15) is 0 Å². The molecule has 0 atom stereocenters. The van der Waals surface area contributed by atoms with Crippen LogP contribution in [-0.4, -0.2) is 15.4 Å². The zero-order valence-corrected chi connectivity index (χ0v) is 7.16. The van der Waals surface area contributed by atoms with E-state index < -0.39 is 0 Å². The molecule has 0 aliphatic carbocycles. The summed E-state index contributed by atoms with van der Waals surface area (Å²) in [5.74, 6) is 0. The minimum absolute atomic E-state index is 0. The van der Waals surface area contributed by atoms with Gasteiger partial charge in [0.1, 0.15) is 0 Å². The van der Waals surface area contributed by atoms with Crippen LogP contribution in [0.15, 0.2) is 18.5 Å². The van der Waals surface area contributed by atoms with Gasteiger partial charge in [-0.1, -0.05) is 0 Å². The first-order valence-corrected chi connectivity index (χ1v) is 1.58. The topological polar surface area (TPSA) is 67.2 Å². The molecular formula is C3H3N3OZn. The fourth-order valence-corrected chi connectivity index (χ4v) is 0.205.